The van der Waals surface area contributed by atoms with Crippen molar-refractivity contribution in [3.8, 4) is 0 Å². The van der Waals surface area contributed by atoms with Gasteiger partial charge in [-0.25, -0.2) is 4.79 Å². The molecule has 1 rings (SSSR count). The Hall–Kier alpha value is -1.03. The van der Waals surface area contributed by atoms with Gasteiger partial charge in [-0.3, -0.25) is 4.90 Å². The van der Waals surface area contributed by atoms with Crippen molar-refractivity contribution in [3.05, 3.63) is 28.7 Å². The SMILES string of the molecule is CCCCOC(=O)N(CC)c1cccc(Br)c1. The molecule has 0 atom stereocenters. The van der Waals surface area contributed by atoms with Crippen molar-refractivity contribution in [2.45, 2.75) is 26.7 Å². The molecular weight excluding hydrogens is 282 g/mol. The molecule has 0 radical (unpaired) electrons. The van der Waals surface area contributed by atoms with Gasteiger partial charge in [0.15, 0.2) is 0 Å². The Morgan fingerprint density at radius 1 is 1.41 bits per heavy atom. The summed E-state index contributed by atoms with van der Waals surface area (Å²) in [7, 11) is 0. The lowest BCUT2D eigenvalue weighted by atomic mass is 10.3. The van der Waals surface area contributed by atoms with E-state index in [0.29, 0.717) is 13.2 Å². The number of hydrogen-bond acceptors (Lipinski definition) is 2. The number of unbranched alkanes of at least 4 members (excludes halogenated alkanes) is 1. The summed E-state index contributed by atoms with van der Waals surface area (Å²) in [5.74, 6) is 0. The van der Waals surface area contributed by atoms with Gasteiger partial charge in [-0.1, -0.05) is 35.3 Å². The highest BCUT2D eigenvalue weighted by atomic mass is 79.9. The van der Waals surface area contributed by atoms with Crippen LogP contribution in [0.1, 0.15) is 26.7 Å². The van der Waals surface area contributed by atoms with E-state index in [-0.39, 0.29) is 6.09 Å². The molecule has 0 spiro atoms. The number of halogens is 1. The molecule has 0 aromatic heterocycles. The molecule has 1 aromatic rings. The molecule has 0 saturated carbocycles. The van der Waals surface area contributed by atoms with E-state index in [0.717, 1.165) is 23.0 Å². The maximum atomic E-state index is 11.8. The van der Waals surface area contributed by atoms with Gasteiger partial charge in [0.1, 0.15) is 0 Å². The fourth-order valence-corrected chi connectivity index (χ4v) is 1.83. The summed E-state index contributed by atoms with van der Waals surface area (Å²) in [6.07, 6.45) is 1.65. The van der Waals surface area contributed by atoms with Crippen molar-refractivity contribution >= 4 is 27.7 Å². The van der Waals surface area contributed by atoms with Crippen molar-refractivity contribution in [2.24, 2.45) is 0 Å². The molecule has 94 valence electrons. The first-order valence-electron chi connectivity index (χ1n) is 5.88. The molecule has 1 amide bonds. The van der Waals surface area contributed by atoms with Crippen LogP contribution < -0.4 is 4.90 Å². The second-order valence-corrected chi connectivity index (χ2v) is 4.61. The van der Waals surface area contributed by atoms with Crippen LogP contribution in [0.4, 0.5) is 10.5 Å². The first-order chi connectivity index (χ1) is 8.19. The number of carbonyl (C=O) groups is 1. The van der Waals surface area contributed by atoms with E-state index in [1.165, 1.54) is 0 Å². The third-order valence-corrected chi connectivity index (χ3v) is 2.87. The topological polar surface area (TPSA) is 29.5 Å². The summed E-state index contributed by atoms with van der Waals surface area (Å²) in [5, 5.41) is 0. The average Bonchev–Trinajstić information content (AvgIpc) is 2.30. The first-order valence-corrected chi connectivity index (χ1v) is 6.68. The number of ether oxygens (including phenoxy) is 1. The number of anilines is 1. The Bertz CT molecular complexity index is 368. The number of rotatable bonds is 5. The Morgan fingerprint density at radius 3 is 2.76 bits per heavy atom. The molecule has 0 aliphatic heterocycles. The normalized spacial score (nSPS) is 10.1. The van der Waals surface area contributed by atoms with Crippen LogP contribution in [0.15, 0.2) is 28.7 Å². The van der Waals surface area contributed by atoms with Gasteiger partial charge in [-0.05, 0) is 31.5 Å². The molecule has 0 aliphatic rings. The van der Waals surface area contributed by atoms with E-state index < -0.39 is 0 Å². The van der Waals surface area contributed by atoms with Gasteiger partial charge in [0.2, 0.25) is 0 Å². The van der Waals surface area contributed by atoms with Crippen molar-refractivity contribution in [1.82, 2.24) is 0 Å². The van der Waals surface area contributed by atoms with Gasteiger partial charge < -0.3 is 4.74 Å². The van der Waals surface area contributed by atoms with Gasteiger partial charge in [0.05, 0.1) is 6.61 Å². The minimum absolute atomic E-state index is 0.279. The quantitative estimate of drug-likeness (QED) is 0.762. The van der Waals surface area contributed by atoms with Crippen molar-refractivity contribution < 1.29 is 9.53 Å². The standard InChI is InChI=1S/C13H18BrNO2/c1-3-5-9-17-13(16)15(4-2)12-8-6-7-11(14)10-12/h6-8,10H,3-5,9H2,1-2H3. The second kappa shape index (κ2) is 7.33. The van der Waals surface area contributed by atoms with E-state index in [1.807, 2.05) is 31.2 Å². The van der Waals surface area contributed by atoms with E-state index in [1.54, 1.807) is 4.90 Å². The van der Waals surface area contributed by atoms with Crippen LogP contribution in [-0.4, -0.2) is 19.2 Å². The smallest absolute Gasteiger partial charge is 0.414 e. The van der Waals surface area contributed by atoms with E-state index in [9.17, 15) is 4.79 Å². The zero-order valence-corrected chi connectivity index (χ0v) is 11.9. The van der Waals surface area contributed by atoms with Gasteiger partial charge >= 0.3 is 6.09 Å². The molecule has 1 aromatic carbocycles. The largest absolute Gasteiger partial charge is 0.449 e. The van der Waals surface area contributed by atoms with E-state index in [2.05, 4.69) is 22.9 Å². The minimum atomic E-state index is -0.279. The maximum absolute atomic E-state index is 11.8. The first kappa shape index (κ1) is 14.0. The van der Waals surface area contributed by atoms with Crippen LogP contribution in [0.25, 0.3) is 0 Å². The number of carbonyl (C=O) groups excluding carboxylic acids is 1. The maximum Gasteiger partial charge on any atom is 0.414 e. The predicted molar refractivity (Wildman–Crippen MR) is 73.4 cm³/mol. The molecule has 0 heterocycles. The summed E-state index contributed by atoms with van der Waals surface area (Å²) >= 11 is 3.39. The van der Waals surface area contributed by atoms with Gasteiger partial charge in [-0.2, -0.15) is 0 Å². The van der Waals surface area contributed by atoms with E-state index >= 15 is 0 Å². The molecule has 0 N–H and O–H groups in total. The number of amides is 1. The fraction of sp³-hybridized carbons (Fsp3) is 0.462. The van der Waals surface area contributed by atoms with Crippen molar-refractivity contribution in [1.29, 1.82) is 0 Å². The number of benzene rings is 1. The lowest BCUT2D eigenvalue weighted by Gasteiger charge is -2.20. The molecular formula is C13H18BrNO2. The summed E-state index contributed by atoms with van der Waals surface area (Å²) in [4.78, 5) is 13.5. The van der Waals surface area contributed by atoms with Gasteiger partial charge in [-0.15, -0.1) is 0 Å². The molecule has 3 nitrogen and oxygen atoms in total. The van der Waals surface area contributed by atoms with Crippen LogP contribution >= 0.6 is 15.9 Å². The van der Waals surface area contributed by atoms with Crippen molar-refractivity contribution in [3.63, 3.8) is 0 Å². The minimum Gasteiger partial charge on any atom is -0.449 e. The molecule has 0 aliphatic carbocycles. The Balaban J connectivity index is 2.67. The van der Waals surface area contributed by atoms with Crippen molar-refractivity contribution in [2.75, 3.05) is 18.1 Å². The zero-order valence-electron chi connectivity index (χ0n) is 10.3. The number of nitrogens with zero attached hydrogens (tertiary/aromatic N) is 1. The van der Waals surface area contributed by atoms with Crippen LogP contribution in [0.3, 0.4) is 0 Å². The number of hydrogen-bond donors (Lipinski definition) is 0. The second-order valence-electron chi connectivity index (χ2n) is 3.69. The molecule has 0 saturated heterocycles. The monoisotopic (exact) mass is 299 g/mol. The van der Waals surface area contributed by atoms with Crippen LogP contribution in [0.5, 0.6) is 0 Å². The Labute approximate surface area is 111 Å². The summed E-state index contributed by atoms with van der Waals surface area (Å²) < 4.78 is 6.15. The Kier molecular flexibility index (Phi) is 6.05. The third-order valence-electron chi connectivity index (χ3n) is 2.38. The van der Waals surface area contributed by atoms with Gasteiger partial charge in [0, 0.05) is 16.7 Å². The summed E-state index contributed by atoms with van der Waals surface area (Å²) in [6, 6.07) is 7.64. The van der Waals surface area contributed by atoms with Crippen LogP contribution in [0.2, 0.25) is 0 Å². The Morgan fingerprint density at radius 2 is 2.18 bits per heavy atom. The summed E-state index contributed by atoms with van der Waals surface area (Å²) in [5.41, 5.74) is 0.850. The predicted octanol–water partition coefficient (Wildman–Crippen LogP) is 4.21. The van der Waals surface area contributed by atoms with E-state index in [4.69, 9.17) is 4.74 Å². The average molecular weight is 300 g/mol. The third kappa shape index (κ3) is 4.38. The van der Waals surface area contributed by atoms with Crippen LogP contribution in [-0.2, 0) is 4.74 Å². The highest BCUT2D eigenvalue weighted by molar-refractivity contribution is 9.10. The fourth-order valence-electron chi connectivity index (χ4n) is 1.44. The highest BCUT2D eigenvalue weighted by Crippen LogP contribution is 2.20. The zero-order chi connectivity index (χ0) is 12.7. The molecule has 0 fully saturated rings. The molecule has 0 unspecified atom stereocenters. The highest BCUT2D eigenvalue weighted by Gasteiger charge is 2.14. The molecule has 0 bridgehead atoms. The van der Waals surface area contributed by atoms with Gasteiger partial charge in [0.25, 0.3) is 0 Å². The molecule has 4 heteroatoms. The lowest BCUT2D eigenvalue weighted by molar-refractivity contribution is 0.152. The van der Waals surface area contributed by atoms with Crippen LogP contribution in [0, 0.1) is 0 Å². The lowest BCUT2D eigenvalue weighted by Crippen LogP contribution is -2.31. The molecule has 17 heavy (non-hydrogen) atoms. The summed E-state index contributed by atoms with van der Waals surface area (Å²) in [6.45, 7) is 5.09.